The zero-order chi connectivity index (χ0) is 25.1. The third-order valence-corrected chi connectivity index (χ3v) is 4.29. The Bertz CT molecular complexity index is 685. The van der Waals surface area contributed by atoms with Crippen molar-refractivity contribution in [2.45, 2.75) is 117 Å². The van der Waals surface area contributed by atoms with Crippen molar-refractivity contribution < 1.29 is 33.4 Å². The highest BCUT2D eigenvalue weighted by Gasteiger charge is 2.41. The smallest absolute Gasteiger partial charge is 0.335 e. The molecule has 0 aliphatic carbocycles. The first-order valence-corrected chi connectivity index (χ1v) is 11.1. The van der Waals surface area contributed by atoms with Gasteiger partial charge in [-0.2, -0.15) is 0 Å². The highest BCUT2D eigenvalue weighted by Crippen LogP contribution is 2.22. The number of hydrogen-bond acceptors (Lipinski definition) is 8. The van der Waals surface area contributed by atoms with Gasteiger partial charge >= 0.3 is 17.9 Å². The SMILES string of the molecule is C[C@H](NC(C(=O)OC(C)(C)C)C(=O)OC(C)(C)C)C(=O)N1CCC[C@H]1C(=O)OC(C)(C)C. The van der Waals surface area contributed by atoms with Crippen LogP contribution in [-0.2, 0) is 33.4 Å². The van der Waals surface area contributed by atoms with Gasteiger partial charge in [0.25, 0.3) is 0 Å². The molecule has 2 atom stereocenters. The Morgan fingerprint density at radius 3 is 1.66 bits per heavy atom. The van der Waals surface area contributed by atoms with Crippen LogP contribution in [0.4, 0.5) is 0 Å². The van der Waals surface area contributed by atoms with Crippen LogP contribution in [0.2, 0.25) is 0 Å². The molecule has 0 spiro atoms. The maximum absolute atomic E-state index is 13.1. The van der Waals surface area contributed by atoms with Gasteiger partial charge in [0.15, 0.2) is 0 Å². The molecule has 184 valence electrons. The molecule has 1 aliphatic rings. The van der Waals surface area contributed by atoms with Crippen LogP contribution in [0.15, 0.2) is 0 Å². The van der Waals surface area contributed by atoms with Crippen molar-refractivity contribution in [2.24, 2.45) is 0 Å². The molecule has 0 aromatic carbocycles. The Kier molecular flexibility index (Phi) is 8.87. The van der Waals surface area contributed by atoms with Gasteiger partial charge in [0.2, 0.25) is 11.9 Å². The van der Waals surface area contributed by atoms with Gasteiger partial charge in [-0.05, 0) is 82.1 Å². The average Bonchev–Trinajstić information content (AvgIpc) is 3.03. The van der Waals surface area contributed by atoms with E-state index in [-0.39, 0.29) is 0 Å². The maximum Gasteiger partial charge on any atom is 0.335 e. The summed E-state index contributed by atoms with van der Waals surface area (Å²) in [5.74, 6) is -2.55. The maximum atomic E-state index is 13.1. The van der Waals surface area contributed by atoms with E-state index in [1.807, 2.05) is 0 Å². The van der Waals surface area contributed by atoms with Crippen molar-refractivity contribution in [3.05, 3.63) is 0 Å². The minimum absolute atomic E-state index is 0.387. The van der Waals surface area contributed by atoms with E-state index in [9.17, 15) is 19.2 Å². The minimum Gasteiger partial charge on any atom is -0.458 e. The number of likely N-dealkylation sites (tertiary alicyclic amines) is 1. The summed E-state index contributed by atoms with van der Waals surface area (Å²) in [5, 5.41) is 2.75. The lowest BCUT2D eigenvalue weighted by Gasteiger charge is -2.31. The molecule has 0 aromatic rings. The zero-order valence-electron chi connectivity index (χ0n) is 21.2. The Balaban J connectivity index is 3.01. The summed E-state index contributed by atoms with van der Waals surface area (Å²) in [7, 11) is 0. The Labute approximate surface area is 191 Å². The van der Waals surface area contributed by atoms with Gasteiger partial charge < -0.3 is 19.1 Å². The molecule has 0 radical (unpaired) electrons. The summed E-state index contributed by atoms with van der Waals surface area (Å²) in [6.07, 6.45) is 1.15. The summed E-state index contributed by atoms with van der Waals surface area (Å²) >= 11 is 0. The number of nitrogens with zero attached hydrogens (tertiary/aromatic N) is 1. The molecule has 0 saturated carbocycles. The second kappa shape index (κ2) is 10.2. The molecule has 1 aliphatic heterocycles. The first kappa shape index (κ1) is 27.9. The fraction of sp³-hybridized carbons (Fsp3) is 0.826. The van der Waals surface area contributed by atoms with Crippen LogP contribution in [-0.4, -0.2) is 70.2 Å². The normalized spacial score (nSPS) is 18.3. The summed E-state index contributed by atoms with van der Waals surface area (Å²) in [6.45, 7) is 17.3. The number of esters is 3. The van der Waals surface area contributed by atoms with Crippen molar-refractivity contribution in [3.63, 3.8) is 0 Å². The lowest BCUT2D eigenvalue weighted by atomic mass is 10.1. The number of nitrogens with one attached hydrogen (secondary N) is 1. The topological polar surface area (TPSA) is 111 Å². The third kappa shape index (κ3) is 9.14. The molecule has 0 aromatic heterocycles. The number of rotatable bonds is 6. The van der Waals surface area contributed by atoms with Crippen molar-refractivity contribution >= 4 is 23.8 Å². The first-order chi connectivity index (χ1) is 14.3. The molecule has 1 fully saturated rings. The number of carbonyl (C=O) groups excluding carboxylic acids is 4. The van der Waals surface area contributed by atoms with Gasteiger partial charge in [-0.3, -0.25) is 10.1 Å². The quantitative estimate of drug-likeness (QED) is 0.368. The van der Waals surface area contributed by atoms with Crippen LogP contribution >= 0.6 is 0 Å². The molecule has 1 N–H and O–H groups in total. The third-order valence-electron chi connectivity index (χ3n) is 4.29. The van der Waals surface area contributed by atoms with Gasteiger partial charge in [0.05, 0.1) is 6.04 Å². The molecule has 1 rings (SSSR count). The van der Waals surface area contributed by atoms with Crippen LogP contribution in [0, 0.1) is 0 Å². The van der Waals surface area contributed by atoms with E-state index in [1.54, 1.807) is 62.3 Å². The largest absolute Gasteiger partial charge is 0.458 e. The summed E-state index contributed by atoms with van der Waals surface area (Å²) in [6, 6.07) is -3.13. The van der Waals surface area contributed by atoms with Gasteiger partial charge in [-0.1, -0.05) is 0 Å². The Morgan fingerprint density at radius 1 is 0.812 bits per heavy atom. The van der Waals surface area contributed by atoms with Gasteiger partial charge in [0.1, 0.15) is 22.8 Å². The lowest BCUT2D eigenvalue weighted by molar-refractivity contribution is -0.171. The fourth-order valence-electron chi connectivity index (χ4n) is 3.17. The molecule has 1 saturated heterocycles. The molecule has 0 bridgehead atoms. The molecule has 32 heavy (non-hydrogen) atoms. The number of ether oxygens (including phenoxy) is 3. The van der Waals surface area contributed by atoms with Crippen molar-refractivity contribution in [2.75, 3.05) is 6.54 Å². The van der Waals surface area contributed by atoms with Crippen molar-refractivity contribution in [1.29, 1.82) is 0 Å². The molecule has 9 nitrogen and oxygen atoms in total. The van der Waals surface area contributed by atoms with Crippen LogP contribution in [0.5, 0.6) is 0 Å². The summed E-state index contributed by atoms with van der Waals surface area (Å²) in [5.41, 5.74) is -2.33. The van der Waals surface area contributed by atoms with E-state index in [1.165, 1.54) is 11.8 Å². The molecule has 1 amide bonds. The van der Waals surface area contributed by atoms with Crippen LogP contribution < -0.4 is 5.32 Å². The first-order valence-electron chi connectivity index (χ1n) is 11.1. The predicted octanol–water partition coefficient (Wildman–Crippen LogP) is 2.35. The predicted molar refractivity (Wildman–Crippen MR) is 119 cm³/mol. The van der Waals surface area contributed by atoms with E-state index < -0.39 is 58.7 Å². The van der Waals surface area contributed by atoms with Gasteiger partial charge in [-0.25, -0.2) is 14.4 Å². The molecule has 1 heterocycles. The van der Waals surface area contributed by atoms with Crippen molar-refractivity contribution in [3.8, 4) is 0 Å². The number of hydrogen-bond donors (Lipinski definition) is 1. The Hall–Kier alpha value is -2.16. The van der Waals surface area contributed by atoms with E-state index in [0.717, 1.165) is 0 Å². The van der Waals surface area contributed by atoms with Gasteiger partial charge in [0, 0.05) is 6.54 Å². The molecular formula is C23H40N2O7. The minimum atomic E-state index is -1.49. The fourth-order valence-corrected chi connectivity index (χ4v) is 3.17. The van der Waals surface area contributed by atoms with Crippen LogP contribution in [0.25, 0.3) is 0 Å². The second-order valence-corrected chi connectivity index (χ2v) is 11.1. The summed E-state index contributed by atoms with van der Waals surface area (Å²) in [4.78, 5) is 52.6. The van der Waals surface area contributed by atoms with Gasteiger partial charge in [-0.15, -0.1) is 0 Å². The second-order valence-electron chi connectivity index (χ2n) is 11.1. The van der Waals surface area contributed by atoms with Crippen LogP contribution in [0.1, 0.15) is 82.1 Å². The molecular weight excluding hydrogens is 416 g/mol. The monoisotopic (exact) mass is 456 g/mol. The number of carbonyl (C=O) groups is 4. The zero-order valence-corrected chi connectivity index (χ0v) is 21.2. The highest BCUT2D eigenvalue weighted by atomic mass is 16.6. The van der Waals surface area contributed by atoms with E-state index in [4.69, 9.17) is 14.2 Å². The average molecular weight is 457 g/mol. The van der Waals surface area contributed by atoms with E-state index in [2.05, 4.69) is 5.32 Å². The summed E-state index contributed by atoms with van der Waals surface area (Å²) < 4.78 is 16.2. The number of amides is 1. The highest BCUT2D eigenvalue weighted by molar-refractivity contribution is 6.00. The van der Waals surface area contributed by atoms with E-state index >= 15 is 0 Å². The van der Waals surface area contributed by atoms with E-state index in [0.29, 0.717) is 19.4 Å². The van der Waals surface area contributed by atoms with Crippen molar-refractivity contribution in [1.82, 2.24) is 10.2 Å². The Morgan fingerprint density at radius 2 is 1.25 bits per heavy atom. The molecule has 0 unspecified atom stereocenters. The van der Waals surface area contributed by atoms with Crippen LogP contribution in [0.3, 0.4) is 0 Å². The molecule has 9 heteroatoms. The standard InChI is InChI=1S/C23H40N2O7/c1-14(17(26)25-13-11-12-15(25)18(27)30-21(2,3)4)24-16(19(28)31-22(5,6)7)20(29)32-23(8,9)10/h14-16,24H,11-13H2,1-10H3/t14-,15-/m0/s1. The lowest BCUT2D eigenvalue weighted by Crippen LogP contribution is -2.57.